The van der Waals surface area contributed by atoms with Crippen LogP contribution in [0.15, 0.2) is 65.8 Å². The summed E-state index contributed by atoms with van der Waals surface area (Å²) in [6, 6.07) is 17.0. The van der Waals surface area contributed by atoms with E-state index in [1.165, 1.54) is 49.2 Å². The van der Waals surface area contributed by atoms with Gasteiger partial charge in [-0.3, -0.25) is 9.88 Å². The van der Waals surface area contributed by atoms with Gasteiger partial charge >= 0.3 is 0 Å². The maximum Gasteiger partial charge on any atom is 0.0394 e. The molecule has 2 aromatic carbocycles. The molecule has 5 rings (SSSR count). The molecule has 2 N–H and O–H groups in total. The molecule has 0 amide bonds. The average molecular weight is 378 g/mol. The minimum absolute atomic E-state index is 0.810. The van der Waals surface area contributed by atoms with Gasteiger partial charge in [0, 0.05) is 45.5 Å². The zero-order chi connectivity index (χ0) is 18.5. The predicted octanol–water partition coefficient (Wildman–Crippen LogP) is 5.35. The number of hydrogen-bond acceptors (Lipinski definition) is 4. The summed E-state index contributed by atoms with van der Waals surface area (Å²) in [4.78, 5) is 8.01. The van der Waals surface area contributed by atoms with Crippen molar-refractivity contribution in [2.24, 2.45) is 0 Å². The zero-order valence-electron chi connectivity index (χ0n) is 15.7. The minimum Gasteiger partial charge on any atom is -0.398 e. The fourth-order valence-electron chi connectivity index (χ4n) is 3.40. The molecule has 4 heteroatoms. The Labute approximate surface area is 166 Å². The lowest BCUT2D eigenvalue weighted by Gasteiger charge is -2.14. The number of pyridine rings is 1. The number of hydrogen-bond donors (Lipinski definition) is 1. The van der Waals surface area contributed by atoms with Crippen molar-refractivity contribution in [3.05, 3.63) is 66.5 Å². The van der Waals surface area contributed by atoms with E-state index in [-0.39, 0.29) is 0 Å². The van der Waals surface area contributed by atoms with E-state index < -0.39 is 0 Å². The van der Waals surface area contributed by atoms with E-state index in [0.717, 1.165) is 28.3 Å². The van der Waals surface area contributed by atoms with Crippen LogP contribution in [-0.4, -0.2) is 28.2 Å². The van der Waals surface area contributed by atoms with Crippen LogP contribution in [-0.2, 0) is 6.54 Å². The Hall–Kier alpha value is -2.04. The van der Waals surface area contributed by atoms with Crippen LogP contribution in [0.3, 0.4) is 0 Å². The van der Waals surface area contributed by atoms with E-state index in [2.05, 4.69) is 34.1 Å². The molecule has 2 aliphatic rings. The fraction of sp³-hybridized carbons (Fsp3) is 0.348. The fourth-order valence-corrected chi connectivity index (χ4v) is 4.45. The molecule has 3 nitrogen and oxygen atoms in total. The van der Waals surface area contributed by atoms with Gasteiger partial charge in [0.2, 0.25) is 0 Å². The van der Waals surface area contributed by atoms with Crippen molar-refractivity contribution >= 4 is 28.2 Å². The highest BCUT2D eigenvalue weighted by molar-refractivity contribution is 8.00. The van der Waals surface area contributed by atoms with Gasteiger partial charge in [-0.1, -0.05) is 24.3 Å². The van der Waals surface area contributed by atoms with Crippen LogP contribution in [0.4, 0.5) is 5.69 Å². The largest absolute Gasteiger partial charge is 0.398 e. The Morgan fingerprint density at radius 2 is 1.78 bits per heavy atom. The van der Waals surface area contributed by atoms with E-state index in [9.17, 15) is 0 Å². The highest BCUT2D eigenvalue weighted by Gasteiger charge is 2.22. The summed E-state index contributed by atoms with van der Waals surface area (Å²) in [6.45, 7) is 3.73. The van der Waals surface area contributed by atoms with Crippen LogP contribution in [0.5, 0.6) is 0 Å². The second-order valence-electron chi connectivity index (χ2n) is 7.39. The number of nitrogen functional groups attached to an aromatic ring is 1. The third-order valence-corrected chi connectivity index (χ3v) is 6.42. The molecule has 2 fully saturated rings. The standard InChI is InChI=1S/C14H19NS.C9H8N2/c1-2-10-15(9-1)11-12-3-5-13(6-4-12)16-14-7-8-14;10-9-3-1-2-7-6-11-5-4-8(7)9/h3-6,14H,1-2,7-11H2;1-6H,10H2. The van der Waals surface area contributed by atoms with Gasteiger partial charge in [0.05, 0.1) is 0 Å². The van der Waals surface area contributed by atoms with Crippen molar-refractivity contribution in [1.29, 1.82) is 0 Å². The summed E-state index contributed by atoms with van der Waals surface area (Å²) in [5, 5.41) is 3.08. The quantitative estimate of drug-likeness (QED) is 0.622. The predicted molar refractivity (Wildman–Crippen MR) is 116 cm³/mol. The van der Waals surface area contributed by atoms with Crippen LogP contribution >= 0.6 is 11.8 Å². The number of thioether (sulfide) groups is 1. The molecule has 27 heavy (non-hydrogen) atoms. The molecule has 3 aromatic rings. The summed E-state index contributed by atoms with van der Waals surface area (Å²) in [5.41, 5.74) is 8.01. The van der Waals surface area contributed by atoms with E-state index in [4.69, 9.17) is 5.73 Å². The molecule has 1 aliphatic carbocycles. The molecule has 1 aromatic heterocycles. The van der Waals surface area contributed by atoms with Gasteiger partial charge in [0.25, 0.3) is 0 Å². The summed E-state index contributed by atoms with van der Waals surface area (Å²) in [7, 11) is 0. The topological polar surface area (TPSA) is 42.1 Å². The van der Waals surface area contributed by atoms with Gasteiger partial charge in [0.15, 0.2) is 0 Å². The average Bonchev–Trinajstić information content (AvgIpc) is 3.37. The SMILES string of the molecule is Nc1cccc2cnccc12.c1cc(SC2CC2)ccc1CN1CCCC1. The number of aromatic nitrogens is 1. The van der Waals surface area contributed by atoms with Crippen molar-refractivity contribution in [2.45, 2.75) is 42.4 Å². The molecular formula is C23H27N3S. The van der Waals surface area contributed by atoms with Gasteiger partial charge in [-0.05, 0) is 68.6 Å². The monoisotopic (exact) mass is 377 g/mol. The highest BCUT2D eigenvalue weighted by Crippen LogP contribution is 2.39. The first-order valence-corrected chi connectivity index (χ1v) is 10.7. The zero-order valence-corrected chi connectivity index (χ0v) is 16.5. The van der Waals surface area contributed by atoms with Gasteiger partial charge in [-0.25, -0.2) is 0 Å². The Kier molecular flexibility index (Phi) is 5.95. The van der Waals surface area contributed by atoms with Gasteiger partial charge in [0.1, 0.15) is 0 Å². The smallest absolute Gasteiger partial charge is 0.0394 e. The molecule has 2 heterocycles. The lowest BCUT2D eigenvalue weighted by atomic mass is 10.1. The van der Waals surface area contributed by atoms with Crippen LogP contribution in [0, 0.1) is 0 Å². The Balaban J connectivity index is 0.000000143. The maximum atomic E-state index is 5.73. The summed E-state index contributed by atoms with van der Waals surface area (Å²) >= 11 is 2.05. The second-order valence-corrected chi connectivity index (χ2v) is 8.76. The van der Waals surface area contributed by atoms with Gasteiger partial charge < -0.3 is 5.73 Å². The summed E-state index contributed by atoms with van der Waals surface area (Å²) in [5.74, 6) is 0. The van der Waals surface area contributed by atoms with Gasteiger partial charge in [-0.15, -0.1) is 11.8 Å². The molecule has 140 valence electrons. The Morgan fingerprint density at radius 1 is 1.00 bits per heavy atom. The number of anilines is 1. The summed E-state index contributed by atoms with van der Waals surface area (Å²) in [6.07, 6.45) is 9.16. The number of likely N-dealkylation sites (tertiary alicyclic amines) is 1. The van der Waals surface area contributed by atoms with E-state index in [0.29, 0.717) is 0 Å². The van der Waals surface area contributed by atoms with E-state index in [1.807, 2.05) is 42.2 Å². The third kappa shape index (κ3) is 5.24. The molecule has 0 atom stereocenters. The van der Waals surface area contributed by atoms with Crippen LogP contribution in [0.1, 0.15) is 31.2 Å². The number of benzene rings is 2. The van der Waals surface area contributed by atoms with E-state index >= 15 is 0 Å². The van der Waals surface area contributed by atoms with Gasteiger partial charge in [-0.2, -0.15) is 0 Å². The Morgan fingerprint density at radius 3 is 2.48 bits per heavy atom. The first-order chi connectivity index (χ1) is 13.3. The van der Waals surface area contributed by atoms with Crippen molar-refractivity contribution in [3.63, 3.8) is 0 Å². The van der Waals surface area contributed by atoms with E-state index in [1.54, 1.807) is 6.20 Å². The molecule has 0 radical (unpaired) electrons. The molecular weight excluding hydrogens is 350 g/mol. The number of nitrogens with zero attached hydrogens (tertiary/aromatic N) is 2. The van der Waals surface area contributed by atoms with Crippen molar-refractivity contribution in [2.75, 3.05) is 18.8 Å². The molecule has 0 spiro atoms. The first kappa shape index (κ1) is 18.3. The molecule has 0 unspecified atom stereocenters. The third-order valence-electron chi connectivity index (χ3n) is 5.07. The number of rotatable bonds is 4. The van der Waals surface area contributed by atoms with Crippen LogP contribution < -0.4 is 5.73 Å². The lowest BCUT2D eigenvalue weighted by Crippen LogP contribution is -2.18. The van der Waals surface area contributed by atoms with Crippen molar-refractivity contribution in [1.82, 2.24) is 9.88 Å². The van der Waals surface area contributed by atoms with Crippen molar-refractivity contribution in [3.8, 4) is 0 Å². The number of fused-ring (bicyclic) bond motifs is 1. The molecule has 1 saturated carbocycles. The molecule has 1 aliphatic heterocycles. The Bertz CT molecular complexity index is 863. The number of nitrogens with two attached hydrogens (primary N) is 1. The molecule has 0 bridgehead atoms. The van der Waals surface area contributed by atoms with Crippen LogP contribution in [0.2, 0.25) is 0 Å². The summed E-state index contributed by atoms with van der Waals surface area (Å²) < 4.78 is 0. The second kappa shape index (κ2) is 8.77. The normalized spacial score (nSPS) is 16.9. The minimum atomic E-state index is 0.810. The maximum absolute atomic E-state index is 5.73. The first-order valence-electron chi connectivity index (χ1n) is 9.84. The van der Waals surface area contributed by atoms with Crippen molar-refractivity contribution < 1.29 is 0 Å². The lowest BCUT2D eigenvalue weighted by molar-refractivity contribution is 0.331. The van der Waals surface area contributed by atoms with Crippen LogP contribution in [0.25, 0.3) is 10.8 Å². The molecule has 1 saturated heterocycles. The highest BCUT2D eigenvalue weighted by atomic mass is 32.2.